The van der Waals surface area contributed by atoms with Gasteiger partial charge in [-0.2, -0.15) is 0 Å². The summed E-state index contributed by atoms with van der Waals surface area (Å²) in [7, 11) is 0. The van der Waals surface area contributed by atoms with E-state index in [0.29, 0.717) is 16.1 Å². The molecule has 1 heterocycles. The number of aryl methyl sites for hydroxylation is 3. The zero-order valence-electron chi connectivity index (χ0n) is 15.9. The molecule has 1 amide bonds. The topological polar surface area (TPSA) is 72.5 Å². The van der Waals surface area contributed by atoms with Crippen LogP contribution >= 0.6 is 11.3 Å². The molecule has 6 heteroatoms. The van der Waals surface area contributed by atoms with Gasteiger partial charge in [-0.25, -0.2) is 4.79 Å². The van der Waals surface area contributed by atoms with Crippen molar-refractivity contribution in [3.8, 4) is 0 Å². The standard InChI is InChI=1S/C20H23NO4S/c1-10-7-8-16(9-11(10)2)18(23)13(4)25-20(24)17-12(3)14(5)26-19(17)21-15(6)22/h7-9,13H,1-6H3,(H,21,22)/t13-/m1/s1. The maximum absolute atomic E-state index is 12.6. The Morgan fingerprint density at radius 1 is 1.08 bits per heavy atom. The molecule has 2 rings (SSSR count). The minimum atomic E-state index is -0.922. The first-order valence-electron chi connectivity index (χ1n) is 8.31. The van der Waals surface area contributed by atoms with Crippen LogP contribution in [0.15, 0.2) is 18.2 Å². The Hall–Kier alpha value is -2.47. The molecular weight excluding hydrogens is 350 g/mol. The summed E-state index contributed by atoms with van der Waals surface area (Å²) in [5.74, 6) is -1.13. The van der Waals surface area contributed by atoms with Crippen LogP contribution in [0.2, 0.25) is 0 Å². The van der Waals surface area contributed by atoms with E-state index in [1.54, 1.807) is 26.0 Å². The second-order valence-corrected chi connectivity index (χ2v) is 7.60. The van der Waals surface area contributed by atoms with Crippen LogP contribution in [0.25, 0.3) is 0 Å². The molecule has 2 aromatic rings. The Balaban J connectivity index is 2.22. The highest BCUT2D eigenvalue weighted by Gasteiger charge is 2.26. The van der Waals surface area contributed by atoms with Crippen LogP contribution < -0.4 is 5.32 Å². The molecule has 26 heavy (non-hydrogen) atoms. The summed E-state index contributed by atoms with van der Waals surface area (Å²) in [6, 6.07) is 5.40. The van der Waals surface area contributed by atoms with E-state index < -0.39 is 12.1 Å². The minimum Gasteiger partial charge on any atom is -0.451 e. The minimum absolute atomic E-state index is 0.257. The number of hydrogen-bond donors (Lipinski definition) is 1. The highest BCUT2D eigenvalue weighted by Crippen LogP contribution is 2.33. The lowest BCUT2D eigenvalue weighted by molar-refractivity contribution is -0.114. The van der Waals surface area contributed by atoms with Gasteiger partial charge < -0.3 is 10.1 Å². The summed E-state index contributed by atoms with van der Waals surface area (Å²) in [4.78, 5) is 37.5. The largest absolute Gasteiger partial charge is 0.451 e. The van der Waals surface area contributed by atoms with Crippen LogP contribution in [0, 0.1) is 27.7 Å². The number of amides is 1. The molecule has 1 N–H and O–H groups in total. The van der Waals surface area contributed by atoms with Crippen LogP contribution in [0.1, 0.15) is 56.1 Å². The Bertz CT molecular complexity index is 882. The monoisotopic (exact) mass is 373 g/mol. The molecule has 0 bridgehead atoms. The number of hydrogen-bond acceptors (Lipinski definition) is 5. The number of Topliss-reactive ketones (excluding diaryl/α,β-unsaturated/α-hetero) is 1. The van der Waals surface area contributed by atoms with Gasteiger partial charge in [0, 0.05) is 17.4 Å². The van der Waals surface area contributed by atoms with Crippen LogP contribution in [-0.2, 0) is 9.53 Å². The maximum atomic E-state index is 12.6. The first-order chi connectivity index (χ1) is 12.1. The average Bonchev–Trinajstić information content (AvgIpc) is 2.82. The Labute approximate surface area is 157 Å². The zero-order chi connectivity index (χ0) is 19.6. The lowest BCUT2D eigenvalue weighted by atomic mass is 10.0. The van der Waals surface area contributed by atoms with Crippen LogP contribution in [0.3, 0.4) is 0 Å². The summed E-state index contributed by atoms with van der Waals surface area (Å²) in [6.07, 6.45) is -0.922. The molecule has 0 unspecified atom stereocenters. The third-order valence-electron chi connectivity index (χ3n) is 4.32. The molecule has 1 aromatic carbocycles. The smallest absolute Gasteiger partial charge is 0.342 e. The van der Waals surface area contributed by atoms with E-state index in [4.69, 9.17) is 4.74 Å². The lowest BCUT2D eigenvalue weighted by Crippen LogP contribution is -2.25. The molecule has 138 valence electrons. The predicted molar refractivity (Wildman–Crippen MR) is 103 cm³/mol. The Kier molecular flexibility index (Phi) is 5.97. The molecule has 5 nitrogen and oxygen atoms in total. The van der Waals surface area contributed by atoms with Crippen molar-refractivity contribution in [3.63, 3.8) is 0 Å². The fraction of sp³-hybridized carbons (Fsp3) is 0.350. The van der Waals surface area contributed by atoms with Gasteiger partial charge in [0.25, 0.3) is 0 Å². The normalized spacial score (nSPS) is 11.8. The summed E-state index contributed by atoms with van der Waals surface area (Å²) in [5.41, 5.74) is 3.66. The fourth-order valence-corrected chi connectivity index (χ4v) is 3.62. The second-order valence-electron chi connectivity index (χ2n) is 6.38. The number of benzene rings is 1. The van der Waals surface area contributed by atoms with E-state index in [1.807, 2.05) is 26.8 Å². The van der Waals surface area contributed by atoms with Crippen molar-refractivity contribution < 1.29 is 19.1 Å². The Morgan fingerprint density at radius 2 is 1.73 bits per heavy atom. The second kappa shape index (κ2) is 7.83. The van der Waals surface area contributed by atoms with Gasteiger partial charge in [-0.05, 0) is 57.4 Å². The number of nitrogens with one attached hydrogen (secondary N) is 1. The third kappa shape index (κ3) is 4.19. The van der Waals surface area contributed by atoms with Gasteiger partial charge in [0.15, 0.2) is 6.10 Å². The summed E-state index contributed by atoms with van der Waals surface area (Å²) >= 11 is 1.32. The molecule has 0 aliphatic heterocycles. The molecule has 0 saturated carbocycles. The molecule has 0 fully saturated rings. The highest BCUT2D eigenvalue weighted by atomic mass is 32.1. The van der Waals surface area contributed by atoms with Crippen LogP contribution in [0.5, 0.6) is 0 Å². The number of anilines is 1. The maximum Gasteiger partial charge on any atom is 0.342 e. The predicted octanol–water partition coefficient (Wildman–Crippen LogP) is 4.37. The molecule has 0 aliphatic carbocycles. The summed E-state index contributed by atoms with van der Waals surface area (Å²) in [6.45, 7) is 10.5. The highest BCUT2D eigenvalue weighted by molar-refractivity contribution is 7.16. The van der Waals surface area contributed by atoms with Gasteiger partial charge in [0.1, 0.15) is 5.00 Å². The van der Waals surface area contributed by atoms with Gasteiger partial charge in [-0.1, -0.05) is 12.1 Å². The number of rotatable bonds is 5. The van der Waals surface area contributed by atoms with E-state index in [2.05, 4.69) is 5.32 Å². The van der Waals surface area contributed by atoms with Gasteiger partial charge in [-0.15, -0.1) is 11.3 Å². The molecule has 0 spiro atoms. The van der Waals surface area contributed by atoms with Gasteiger partial charge in [0.05, 0.1) is 5.56 Å². The lowest BCUT2D eigenvalue weighted by Gasteiger charge is -2.14. The number of ketones is 1. The van der Waals surface area contributed by atoms with E-state index >= 15 is 0 Å². The van der Waals surface area contributed by atoms with Crippen molar-refractivity contribution in [1.29, 1.82) is 0 Å². The van der Waals surface area contributed by atoms with Gasteiger partial charge >= 0.3 is 5.97 Å². The van der Waals surface area contributed by atoms with Crippen molar-refractivity contribution in [2.24, 2.45) is 0 Å². The number of esters is 1. The van der Waals surface area contributed by atoms with Crippen LogP contribution in [0.4, 0.5) is 5.00 Å². The number of ether oxygens (including phenoxy) is 1. The van der Waals surface area contributed by atoms with E-state index in [-0.39, 0.29) is 11.7 Å². The molecule has 0 radical (unpaired) electrons. The average molecular weight is 373 g/mol. The van der Waals surface area contributed by atoms with Gasteiger partial charge in [0.2, 0.25) is 11.7 Å². The molecule has 1 atom stereocenters. The Morgan fingerprint density at radius 3 is 2.31 bits per heavy atom. The third-order valence-corrected chi connectivity index (χ3v) is 5.45. The number of thiophene rings is 1. The van der Waals surface area contributed by atoms with E-state index in [0.717, 1.165) is 21.6 Å². The quantitative estimate of drug-likeness (QED) is 0.624. The molecule has 1 aromatic heterocycles. The molecular formula is C20H23NO4S. The SMILES string of the molecule is CC(=O)Nc1sc(C)c(C)c1C(=O)O[C@H](C)C(=O)c1ccc(C)c(C)c1. The number of carbonyl (C=O) groups is 3. The van der Waals surface area contributed by atoms with Gasteiger partial charge in [-0.3, -0.25) is 9.59 Å². The molecule has 0 aliphatic rings. The summed E-state index contributed by atoms with van der Waals surface area (Å²) in [5, 5.41) is 3.11. The van der Waals surface area contributed by atoms with Crippen molar-refractivity contribution in [2.75, 3.05) is 5.32 Å². The first-order valence-corrected chi connectivity index (χ1v) is 9.13. The number of carbonyl (C=O) groups excluding carboxylic acids is 3. The van der Waals surface area contributed by atoms with E-state index in [1.165, 1.54) is 18.3 Å². The summed E-state index contributed by atoms with van der Waals surface area (Å²) < 4.78 is 5.41. The van der Waals surface area contributed by atoms with Crippen molar-refractivity contribution in [1.82, 2.24) is 0 Å². The van der Waals surface area contributed by atoms with E-state index in [9.17, 15) is 14.4 Å². The first kappa shape index (κ1) is 19.8. The van der Waals surface area contributed by atoms with Crippen molar-refractivity contribution >= 4 is 34.0 Å². The fourth-order valence-electron chi connectivity index (χ4n) is 2.52. The van der Waals surface area contributed by atoms with Crippen molar-refractivity contribution in [2.45, 2.75) is 47.6 Å². The van der Waals surface area contributed by atoms with Crippen molar-refractivity contribution in [3.05, 3.63) is 50.9 Å². The van der Waals surface area contributed by atoms with Crippen LogP contribution in [-0.4, -0.2) is 23.8 Å². The molecule has 0 saturated heterocycles. The zero-order valence-corrected chi connectivity index (χ0v) is 16.7.